The number of rotatable bonds is 1. The van der Waals surface area contributed by atoms with Gasteiger partial charge in [-0.25, -0.2) is 9.78 Å². The van der Waals surface area contributed by atoms with Gasteiger partial charge in [-0.2, -0.15) is 0 Å². The monoisotopic (exact) mass is 181 g/mol. The summed E-state index contributed by atoms with van der Waals surface area (Å²) in [6, 6.07) is -0.828. The van der Waals surface area contributed by atoms with Crippen molar-refractivity contribution in [1.29, 1.82) is 0 Å². The van der Waals surface area contributed by atoms with Crippen LogP contribution in [-0.2, 0) is 9.59 Å². The second-order valence-corrected chi connectivity index (χ2v) is 2.76. The Kier molecular flexibility index (Phi) is 1.54. The number of carbonyl (C=O) groups is 2. The molecule has 1 amide bonds. The van der Waals surface area contributed by atoms with Crippen molar-refractivity contribution >= 4 is 17.8 Å². The fourth-order valence-corrected chi connectivity index (χ4v) is 1.32. The highest BCUT2D eigenvalue weighted by atomic mass is 16.4. The lowest BCUT2D eigenvalue weighted by Crippen LogP contribution is -2.31. The van der Waals surface area contributed by atoms with Crippen LogP contribution >= 0.6 is 0 Å². The summed E-state index contributed by atoms with van der Waals surface area (Å²) in [5.74, 6) is -1.04. The molecule has 2 rings (SSSR count). The predicted molar refractivity (Wildman–Crippen MR) is 42.1 cm³/mol. The number of nitrogens with zero attached hydrogens (tertiary/aromatic N) is 2. The van der Waals surface area contributed by atoms with E-state index in [-0.39, 0.29) is 12.3 Å². The maximum atomic E-state index is 11.0. The normalized spacial score (nSPS) is 20.6. The zero-order valence-corrected chi connectivity index (χ0v) is 6.60. The molecule has 0 radical (unpaired) electrons. The summed E-state index contributed by atoms with van der Waals surface area (Å²) >= 11 is 0. The van der Waals surface area contributed by atoms with Gasteiger partial charge in [0.05, 0.1) is 6.42 Å². The lowest BCUT2D eigenvalue weighted by molar-refractivity contribution is -0.143. The highest BCUT2D eigenvalue weighted by molar-refractivity contribution is 5.94. The third-order valence-corrected chi connectivity index (χ3v) is 1.92. The first-order valence-electron chi connectivity index (χ1n) is 3.74. The van der Waals surface area contributed by atoms with Gasteiger partial charge in [-0.3, -0.25) is 10.1 Å². The largest absolute Gasteiger partial charge is 0.480 e. The summed E-state index contributed by atoms with van der Waals surface area (Å²) in [6.07, 6.45) is 2.95. The quantitative estimate of drug-likeness (QED) is 0.631. The summed E-state index contributed by atoms with van der Waals surface area (Å²) in [4.78, 5) is 25.6. The molecule has 0 aromatic carbocycles. The van der Waals surface area contributed by atoms with Crippen LogP contribution in [0.25, 0.3) is 0 Å². The van der Waals surface area contributed by atoms with Gasteiger partial charge in [0, 0.05) is 12.4 Å². The van der Waals surface area contributed by atoms with Gasteiger partial charge in [0.15, 0.2) is 0 Å². The Hall–Kier alpha value is -1.85. The number of aliphatic carboxylic acids is 1. The average Bonchev–Trinajstić information content (AvgIpc) is 2.49. The van der Waals surface area contributed by atoms with Crippen molar-refractivity contribution < 1.29 is 14.7 Å². The molecule has 0 spiro atoms. The van der Waals surface area contributed by atoms with Gasteiger partial charge in [0.2, 0.25) is 11.9 Å². The van der Waals surface area contributed by atoms with Crippen molar-refractivity contribution in [2.75, 3.05) is 5.32 Å². The Labute approximate surface area is 73.2 Å². The summed E-state index contributed by atoms with van der Waals surface area (Å²) in [7, 11) is 0. The maximum absolute atomic E-state index is 11.0. The Bertz CT molecular complexity index is 371. The van der Waals surface area contributed by atoms with Crippen LogP contribution in [0.4, 0.5) is 5.95 Å². The minimum atomic E-state index is -1.02. The Morgan fingerprint density at radius 1 is 1.77 bits per heavy atom. The van der Waals surface area contributed by atoms with E-state index in [4.69, 9.17) is 5.11 Å². The summed E-state index contributed by atoms with van der Waals surface area (Å²) in [6.45, 7) is 0. The number of anilines is 1. The number of imidazole rings is 1. The Balaban J connectivity index is 2.43. The lowest BCUT2D eigenvalue weighted by Gasteiger charge is -2.21. The van der Waals surface area contributed by atoms with E-state index in [2.05, 4.69) is 10.3 Å². The highest BCUT2D eigenvalue weighted by Gasteiger charge is 2.29. The van der Waals surface area contributed by atoms with Crippen molar-refractivity contribution in [3.8, 4) is 0 Å². The highest BCUT2D eigenvalue weighted by Crippen LogP contribution is 2.22. The SMILES string of the molecule is O=C1CC(C(=O)O)n2ccnc2N1. The number of fused-ring (bicyclic) bond motifs is 1. The molecule has 0 saturated heterocycles. The molecule has 1 aliphatic heterocycles. The number of carboxylic acid groups (broad SMARTS) is 1. The van der Waals surface area contributed by atoms with Crippen LogP contribution < -0.4 is 5.32 Å². The second-order valence-electron chi connectivity index (χ2n) is 2.76. The molecule has 6 nitrogen and oxygen atoms in total. The third kappa shape index (κ3) is 1.16. The van der Waals surface area contributed by atoms with Crippen molar-refractivity contribution in [3.05, 3.63) is 12.4 Å². The molecule has 0 saturated carbocycles. The minimum Gasteiger partial charge on any atom is -0.480 e. The maximum Gasteiger partial charge on any atom is 0.327 e. The number of aromatic nitrogens is 2. The zero-order chi connectivity index (χ0) is 9.42. The van der Waals surface area contributed by atoms with E-state index in [9.17, 15) is 9.59 Å². The molecule has 6 heteroatoms. The molecule has 1 unspecified atom stereocenters. The summed E-state index contributed by atoms with van der Waals surface area (Å²) in [5, 5.41) is 11.3. The number of carbonyl (C=O) groups excluding carboxylic acids is 1. The van der Waals surface area contributed by atoms with Gasteiger partial charge in [0.1, 0.15) is 6.04 Å². The van der Waals surface area contributed by atoms with Gasteiger partial charge < -0.3 is 9.67 Å². The van der Waals surface area contributed by atoms with Gasteiger partial charge in [-0.1, -0.05) is 0 Å². The van der Waals surface area contributed by atoms with E-state index >= 15 is 0 Å². The van der Waals surface area contributed by atoms with E-state index in [0.29, 0.717) is 5.95 Å². The summed E-state index contributed by atoms with van der Waals surface area (Å²) in [5.41, 5.74) is 0. The van der Waals surface area contributed by atoms with E-state index in [0.717, 1.165) is 0 Å². The third-order valence-electron chi connectivity index (χ3n) is 1.92. The zero-order valence-electron chi connectivity index (χ0n) is 6.60. The first kappa shape index (κ1) is 7.78. The van der Waals surface area contributed by atoms with Crippen LogP contribution in [0.3, 0.4) is 0 Å². The van der Waals surface area contributed by atoms with E-state index in [1.807, 2.05) is 0 Å². The second kappa shape index (κ2) is 2.58. The average molecular weight is 181 g/mol. The number of nitrogens with one attached hydrogen (secondary N) is 1. The molecule has 2 heterocycles. The van der Waals surface area contributed by atoms with Crippen LogP contribution in [0.2, 0.25) is 0 Å². The van der Waals surface area contributed by atoms with Crippen LogP contribution in [-0.4, -0.2) is 26.5 Å². The number of amides is 1. The fourth-order valence-electron chi connectivity index (χ4n) is 1.32. The number of hydrogen-bond acceptors (Lipinski definition) is 3. The molecular weight excluding hydrogens is 174 g/mol. The smallest absolute Gasteiger partial charge is 0.327 e. The lowest BCUT2D eigenvalue weighted by atomic mass is 10.1. The topological polar surface area (TPSA) is 84.2 Å². The van der Waals surface area contributed by atoms with Crippen molar-refractivity contribution in [2.45, 2.75) is 12.5 Å². The molecule has 1 aliphatic rings. The molecule has 1 aromatic rings. The van der Waals surface area contributed by atoms with Crippen molar-refractivity contribution in [1.82, 2.24) is 9.55 Å². The van der Waals surface area contributed by atoms with E-state index in [1.165, 1.54) is 17.0 Å². The number of carboxylic acids is 1. The molecule has 0 aliphatic carbocycles. The Morgan fingerprint density at radius 2 is 2.54 bits per heavy atom. The molecular formula is C7H7N3O3. The standard InChI is InChI=1S/C7H7N3O3/c11-5-3-4(6(12)13)10-2-1-8-7(10)9-5/h1-2,4H,3H2,(H,12,13)(H,8,9,11). The fraction of sp³-hybridized carbons (Fsp3) is 0.286. The van der Waals surface area contributed by atoms with Crippen molar-refractivity contribution in [2.24, 2.45) is 0 Å². The van der Waals surface area contributed by atoms with Crippen LogP contribution in [0, 0.1) is 0 Å². The first-order valence-corrected chi connectivity index (χ1v) is 3.74. The minimum absolute atomic E-state index is 0.0430. The number of hydrogen-bond donors (Lipinski definition) is 2. The summed E-state index contributed by atoms with van der Waals surface area (Å²) < 4.78 is 1.43. The van der Waals surface area contributed by atoms with Gasteiger partial charge in [-0.05, 0) is 0 Å². The van der Waals surface area contributed by atoms with E-state index in [1.54, 1.807) is 0 Å². The first-order chi connectivity index (χ1) is 6.18. The van der Waals surface area contributed by atoms with Crippen molar-refractivity contribution in [3.63, 3.8) is 0 Å². The van der Waals surface area contributed by atoms with Crippen LogP contribution in [0.5, 0.6) is 0 Å². The van der Waals surface area contributed by atoms with Gasteiger partial charge >= 0.3 is 5.97 Å². The van der Waals surface area contributed by atoms with Gasteiger partial charge in [0.25, 0.3) is 0 Å². The predicted octanol–water partition coefficient (Wildman–Crippen LogP) is -0.149. The molecule has 2 N–H and O–H groups in total. The molecule has 0 fully saturated rings. The molecule has 0 bridgehead atoms. The van der Waals surface area contributed by atoms with Crippen LogP contribution in [0.15, 0.2) is 12.4 Å². The van der Waals surface area contributed by atoms with Gasteiger partial charge in [-0.15, -0.1) is 0 Å². The molecule has 1 aromatic heterocycles. The molecule has 1 atom stereocenters. The Morgan fingerprint density at radius 3 is 3.23 bits per heavy atom. The molecule has 13 heavy (non-hydrogen) atoms. The van der Waals surface area contributed by atoms with Crippen LogP contribution in [0.1, 0.15) is 12.5 Å². The molecule has 68 valence electrons. The van der Waals surface area contributed by atoms with E-state index < -0.39 is 12.0 Å².